The topological polar surface area (TPSA) is 172 Å². The van der Waals surface area contributed by atoms with Crippen LogP contribution in [0.1, 0.15) is 84.2 Å². The third kappa shape index (κ3) is 8.94. The van der Waals surface area contributed by atoms with E-state index in [0.29, 0.717) is 79.8 Å². The Kier molecular flexibility index (Phi) is 11.9. The number of carbonyl (C=O) groups excluding carboxylic acids is 4. The first-order valence-corrected chi connectivity index (χ1v) is 22.9. The largest absolute Gasteiger partial charge is 0.480 e. The number of hydrogen-bond donors (Lipinski definition) is 2. The molecule has 3 saturated heterocycles. The van der Waals surface area contributed by atoms with Crippen LogP contribution >= 0.6 is 0 Å². The zero-order valence-electron chi connectivity index (χ0n) is 37.1. The molecule has 2 atom stereocenters. The summed E-state index contributed by atoms with van der Waals surface area (Å²) < 4.78 is 44.1. The summed E-state index contributed by atoms with van der Waals surface area (Å²) in [7, 11) is 0. The normalized spacial score (nSPS) is 20.7. The Labute approximate surface area is 385 Å². The van der Waals surface area contributed by atoms with E-state index in [1.54, 1.807) is 43.6 Å². The first kappa shape index (κ1) is 44.4. The van der Waals surface area contributed by atoms with Gasteiger partial charge >= 0.3 is 0 Å². The summed E-state index contributed by atoms with van der Waals surface area (Å²) in [6.45, 7) is 6.50. The second-order valence-electron chi connectivity index (χ2n) is 18.5. The maximum atomic E-state index is 15.4. The van der Waals surface area contributed by atoms with Gasteiger partial charge in [-0.15, -0.1) is 0 Å². The third-order valence-electron chi connectivity index (χ3n) is 13.8. The van der Waals surface area contributed by atoms with E-state index in [4.69, 9.17) is 19.6 Å². The highest BCUT2D eigenvalue weighted by molar-refractivity contribution is 6.24. The van der Waals surface area contributed by atoms with E-state index in [-0.39, 0.29) is 54.0 Å². The SMILES string of the molecule is CC(O)(C#CCOc1cccc2c1C(=O)N(C1CC3(CC3)C(=O)NC1=O)C2=O)CCCN1CCC(n2cc(-c3cnc4cccc(-c5cc(F)c(CN6CCOCC6)c(F)c5)c4n3)cn2)CC1. The van der Waals surface area contributed by atoms with Crippen LogP contribution in [-0.4, -0.2) is 127 Å². The van der Waals surface area contributed by atoms with Crippen molar-refractivity contribution in [1.29, 1.82) is 0 Å². The molecule has 346 valence electrons. The lowest BCUT2D eigenvalue weighted by Crippen LogP contribution is -2.58. The number of aromatic nitrogens is 4. The Bertz CT molecular complexity index is 2830. The zero-order valence-corrected chi connectivity index (χ0v) is 37.1. The van der Waals surface area contributed by atoms with Gasteiger partial charge in [0.2, 0.25) is 11.8 Å². The molecule has 2 unspecified atom stereocenters. The van der Waals surface area contributed by atoms with E-state index < -0.39 is 46.4 Å². The zero-order chi connectivity index (χ0) is 46.5. The monoisotopic (exact) mass is 912 g/mol. The molecule has 4 amide bonds. The average Bonchev–Trinajstić information content (AvgIpc) is 3.84. The summed E-state index contributed by atoms with van der Waals surface area (Å²) in [5.74, 6) is 2.44. The second kappa shape index (κ2) is 18.0. The second-order valence-corrected chi connectivity index (χ2v) is 18.5. The standard InChI is InChI=1S/C50H50F2N8O7/c1-49(65,13-5-21-67-42-9-3-7-35-43(42)47(63)60(46(35)62)41-26-50(14-15-50)48(64)56-45(41)61)12-4-16-57-17-10-33(11-18-57)59-29-32(27-54-59)40-28-53-39-8-2-6-34(44(39)55-40)31-24-37(51)36(38(52)25-31)30-58-19-22-66-23-20-58/h2-3,6-9,24-25,27-29,33,41,65H,4,10-12,14-23,26,30H2,1H3,(H,56,61,64). The molecular formula is C50H50F2N8O7. The number of piperidine rings is 2. The number of ether oxygens (including phenoxy) is 2. The van der Waals surface area contributed by atoms with Gasteiger partial charge in [0.15, 0.2) is 0 Å². The van der Waals surface area contributed by atoms with Crippen molar-refractivity contribution in [1.82, 2.24) is 39.8 Å². The fourth-order valence-corrected chi connectivity index (χ4v) is 9.77. The first-order chi connectivity index (χ1) is 32.4. The molecule has 1 saturated carbocycles. The number of amides is 4. The van der Waals surface area contributed by atoms with Crippen LogP contribution in [-0.2, 0) is 20.9 Å². The van der Waals surface area contributed by atoms with Crippen molar-refractivity contribution in [3.05, 3.63) is 95.4 Å². The lowest BCUT2D eigenvalue weighted by Gasteiger charge is -2.32. The first-order valence-electron chi connectivity index (χ1n) is 22.9. The van der Waals surface area contributed by atoms with Crippen LogP contribution in [0.5, 0.6) is 5.75 Å². The molecule has 1 aliphatic carbocycles. The quantitative estimate of drug-likeness (QED) is 0.122. The summed E-state index contributed by atoms with van der Waals surface area (Å²) in [5, 5.41) is 18.1. The van der Waals surface area contributed by atoms with Crippen LogP contribution in [0.15, 0.2) is 67.1 Å². The van der Waals surface area contributed by atoms with Crippen molar-refractivity contribution in [2.75, 3.05) is 52.5 Å². The average molecular weight is 913 g/mol. The van der Waals surface area contributed by atoms with E-state index in [1.807, 2.05) is 21.8 Å². The van der Waals surface area contributed by atoms with Crippen molar-refractivity contribution in [2.24, 2.45) is 5.41 Å². The predicted octanol–water partition coefficient (Wildman–Crippen LogP) is 5.31. The van der Waals surface area contributed by atoms with E-state index in [9.17, 15) is 24.3 Å². The molecular weight excluding hydrogens is 863 g/mol. The van der Waals surface area contributed by atoms with Crippen LogP contribution in [0, 0.1) is 28.9 Å². The van der Waals surface area contributed by atoms with Gasteiger partial charge in [-0.25, -0.2) is 13.8 Å². The lowest BCUT2D eigenvalue weighted by molar-refractivity contribution is -0.141. The molecule has 5 aromatic rings. The highest BCUT2D eigenvalue weighted by Crippen LogP contribution is 2.52. The van der Waals surface area contributed by atoms with Crippen LogP contribution in [0.2, 0.25) is 0 Å². The number of nitrogens with one attached hydrogen (secondary N) is 1. The Morgan fingerprint density at radius 3 is 2.45 bits per heavy atom. The fourth-order valence-electron chi connectivity index (χ4n) is 9.77. The number of fused-ring (bicyclic) bond motifs is 2. The van der Waals surface area contributed by atoms with Gasteiger partial charge < -0.3 is 19.5 Å². The summed E-state index contributed by atoms with van der Waals surface area (Å²) >= 11 is 0. The van der Waals surface area contributed by atoms with Crippen molar-refractivity contribution in [3.8, 4) is 40.0 Å². The van der Waals surface area contributed by atoms with Gasteiger partial charge in [0.25, 0.3) is 11.8 Å². The molecule has 2 N–H and O–H groups in total. The number of benzene rings is 3. The van der Waals surface area contributed by atoms with Crippen molar-refractivity contribution in [3.63, 3.8) is 0 Å². The van der Waals surface area contributed by atoms with E-state index >= 15 is 8.78 Å². The molecule has 3 aromatic carbocycles. The number of likely N-dealkylation sites (tertiary alicyclic amines) is 1. The van der Waals surface area contributed by atoms with E-state index in [1.165, 1.54) is 18.2 Å². The number of rotatable bonds is 12. The number of halogens is 2. The van der Waals surface area contributed by atoms with Gasteiger partial charge in [0.05, 0.1) is 64.9 Å². The van der Waals surface area contributed by atoms with Gasteiger partial charge in [0.1, 0.15) is 35.6 Å². The smallest absolute Gasteiger partial charge is 0.266 e. The maximum Gasteiger partial charge on any atom is 0.266 e. The minimum atomic E-state index is -1.29. The molecule has 4 aliphatic heterocycles. The Morgan fingerprint density at radius 2 is 1.69 bits per heavy atom. The molecule has 5 aliphatic rings. The van der Waals surface area contributed by atoms with Gasteiger partial charge in [-0.3, -0.25) is 44.0 Å². The van der Waals surface area contributed by atoms with Crippen LogP contribution in [0.25, 0.3) is 33.4 Å². The summed E-state index contributed by atoms with van der Waals surface area (Å²) in [5.41, 5.74) is 1.75. The van der Waals surface area contributed by atoms with Gasteiger partial charge in [-0.2, -0.15) is 5.10 Å². The van der Waals surface area contributed by atoms with Crippen molar-refractivity contribution in [2.45, 2.75) is 76.1 Å². The van der Waals surface area contributed by atoms with Crippen molar-refractivity contribution < 1.29 is 42.5 Å². The molecule has 0 radical (unpaired) electrons. The minimum Gasteiger partial charge on any atom is -0.480 e. The number of aliphatic hydroxyl groups is 1. The minimum absolute atomic E-state index is 0.0411. The Morgan fingerprint density at radius 1 is 0.940 bits per heavy atom. The third-order valence-corrected chi connectivity index (χ3v) is 13.8. The van der Waals surface area contributed by atoms with E-state index in [0.717, 1.165) is 42.9 Å². The molecule has 2 aromatic heterocycles. The number of para-hydroxylation sites is 1. The predicted molar refractivity (Wildman–Crippen MR) is 240 cm³/mol. The van der Waals surface area contributed by atoms with Crippen LogP contribution < -0.4 is 10.1 Å². The molecule has 15 nitrogen and oxygen atoms in total. The van der Waals surface area contributed by atoms with Crippen LogP contribution in [0.4, 0.5) is 8.78 Å². The van der Waals surface area contributed by atoms with Gasteiger partial charge in [-0.05, 0) is 94.3 Å². The highest BCUT2D eigenvalue weighted by Gasteiger charge is 2.59. The maximum absolute atomic E-state index is 15.4. The molecule has 0 bridgehead atoms. The molecule has 10 rings (SSSR count). The van der Waals surface area contributed by atoms with E-state index in [2.05, 4.69) is 27.0 Å². The molecule has 17 heteroatoms. The Balaban J connectivity index is 0.707. The van der Waals surface area contributed by atoms with Gasteiger partial charge in [-0.1, -0.05) is 30.0 Å². The summed E-state index contributed by atoms with van der Waals surface area (Å²) in [6, 6.07) is 12.0. The number of hydrogen-bond acceptors (Lipinski definition) is 12. The molecule has 67 heavy (non-hydrogen) atoms. The summed E-state index contributed by atoms with van der Waals surface area (Å²) in [4.78, 5) is 66.9. The van der Waals surface area contributed by atoms with Gasteiger partial charge in [0, 0.05) is 55.6 Å². The number of imide groups is 2. The number of nitrogens with zero attached hydrogens (tertiary/aromatic N) is 7. The van der Waals surface area contributed by atoms with Crippen molar-refractivity contribution >= 4 is 34.7 Å². The van der Waals surface area contributed by atoms with Crippen LogP contribution in [0.3, 0.4) is 0 Å². The molecule has 4 fully saturated rings. The number of morpholine rings is 1. The highest BCUT2D eigenvalue weighted by atomic mass is 19.1. The summed E-state index contributed by atoms with van der Waals surface area (Å²) in [6.07, 6.45) is 9.66. The fraction of sp³-hybridized carbons (Fsp3) is 0.420. The lowest BCUT2D eigenvalue weighted by atomic mass is 9.90. The Hall–Kier alpha value is -6.45. The molecule has 6 heterocycles. The number of carbonyl (C=O) groups is 4. The molecule has 1 spiro atoms.